The highest BCUT2D eigenvalue weighted by atomic mass is 127. The summed E-state index contributed by atoms with van der Waals surface area (Å²) < 4.78 is 11.0. The minimum Gasteiger partial charge on any atom is -0.486 e. The minimum atomic E-state index is 0. The van der Waals surface area contributed by atoms with Crippen molar-refractivity contribution in [1.29, 1.82) is 0 Å². The van der Waals surface area contributed by atoms with E-state index >= 15 is 0 Å². The molecule has 0 aromatic heterocycles. The maximum absolute atomic E-state index is 6.19. The molecule has 3 rings (SSSR count). The molecule has 2 aliphatic heterocycles. The zero-order chi connectivity index (χ0) is 13.1. The number of rotatable bonds is 2. The second kappa shape index (κ2) is 7.21. The summed E-state index contributed by atoms with van der Waals surface area (Å²) in [6, 6.07) is 3.85. The molecule has 0 radical (unpaired) electrons. The molecular formula is C13H17ClIN3O2. The Morgan fingerprint density at radius 2 is 2.15 bits per heavy atom. The highest BCUT2D eigenvalue weighted by molar-refractivity contribution is 14.0. The lowest BCUT2D eigenvalue weighted by Crippen LogP contribution is -2.40. The van der Waals surface area contributed by atoms with Crippen LogP contribution in [0.3, 0.4) is 0 Å². The van der Waals surface area contributed by atoms with Gasteiger partial charge in [0, 0.05) is 19.6 Å². The third kappa shape index (κ3) is 3.60. The third-order valence-corrected chi connectivity index (χ3v) is 3.29. The molecule has 20 heavy (non-hydrogen) atoms. The van der Waals surface area contributed by atoms with Crippen LogP contribution in [0.1, 0.15) is 12.0 Å². The Morgan fingerprint density at radius 3 is 2.95 bits per heavy atom. The molecular weight excluding hydrogens is 393 g/mol. The number of ether oxygens (including phenoxy) is 2. The zero-order valence-corrected chi connectivity index (χ0v) is 14.0. The van der Waals surface area contributed by atoms with E-state index < -0.39 is 0 Å². The molecule has 0 saturated carbocycles. The fourth-order valence-corrected chi connectivity index (χ4v) is 2.39. The van der Waals surface area contributed by atoms with Crippen molar-refractivity contribution >= 4 is 41.5 Å². The molecule has 1 aromatic carbocycles. The first-order chi connectivity index (χ1) is 9.33. The number of benzene rings is 1. The van der Waals surface area contributed by atoms with Crippen LogP contribution < -0.4 is 20.1 Å². The van der Waals surface area contributed by atoms with Gasteiger partial charge < -0.3 is 20.1 Å². The number of guanidine groups is 1. The highest BCUT2D eigenvalue weighted by Gasteiger charge is 2.16. The van der Waals surface area contributed by atoms with Crippen molar-refractivity contribution in [2.24, 2.45) is 4.99 Å². The van der Waals surface area contributed by atoms with Gasteiger partial charge >= 0.3 is 0 Å². The number of nitrogens with zero attached hydrogens (tertiary/aromatic N) is 1. The monoisotopic (exact) mass is 409 g/mol. The van der Waals surface area contributed by atoms with Gasteiger partial charge in [-0.2, -0.15) is 0 Å². The van der Waals surface area contributed by atoms with Crippen LogP contribution in [0.15, 0.2) is 17.1 Å². The van der Waals surface area contributed by atoms with Crippen molar-refractivity contribution in [2.75, 3.05) is 26.3 Å². The fourth-order valence-electron chi connectivity index (χ4n) is 2.10. The zero-order valence-electron chi connectivity index (χ0n) is 10.9. The van der Waals surface area contributed by atoms with Gasteiger partial charge in [-0.3, -0.25) is 4.99 Å². The van der Waals surface area contributed by atoms with Crippen LogP contribution >= 0.6 is 35.6 Å². The minimum absolute atomic E-state index is 0. The number of hydrogen-bond donors (Lipinski definition) is 2. The number of nitrogens with one attached hydrogen (secondary N) is 2. The van der Waals surface area contributed by atoms with E-state index in [0.29, 0.717) is 36.3 Å². The van der Waals surface area contributed by atoms with Gasteiger partial charge in [-0.1, -0.05) is 11.6 Å². The molecule has 2 N–H and O–H groups in total. The standard InChI is InChI=1S/C13H16ClN3O2.HI/c14-10-6-9(7-11-12(10)19-5-4-18-11)8-17-13-15-2-1-3-16-13;/h6-7H,1-5,8H2,(H2,15,16,17);1H. The normalized spacial score (nSPS) is 16.6. The Hall–Kier alpha value is -0.890. The largest absolute Gasteiger partial charge is 0.486 e. The van der Waals surface area contributed by atoms with Gasteiger partial charge in [-0.25, -0.2) is 0 Å². The van der Waals surface area contributed by atoms with Crippen LogP contribution in [0.2, 0.25) is 5.02 Å². The topological polar surface area (TPSA) is 54.9 Å². The molecule has 0 amide bonds. The van der Waals surface area contributed by atoms with Gasteiger partial charge in [0.25, 0.3) is 0 Å². The average Bonchev–Trinajstić information content (AvgIpc) is 2.46. The molecule has 0 atom stereocenters. The second-order valence-electron chi connectivity index (χ2n) is 4.47. The van der Waals surface area contributed by atoms with Crippen LogP contribution in [0.4, 0.5) is 0 Å². The lowest BCUT2D eigenvalue weighted by Gasteiger charge is -2.21. The Balaban J connectivity index is 0.00000147. The van der Waals surface area contributed by atoms with E-state index in [1.54, 1.807) is 0 Å². The SMILES string of the molecule is Clc1cc(CNC2=NCCCN2)cc2c1OCCO2.I. The lowest BCUT2D eigenvalue weighted by molar-refractivity contribution is 0.171. The first-order valence-corrected chi connectivity index (χ1v) is 6.81. The summed E-state index contributed by atoms with van der Waals surface area (Å²) in [5.41, 5.74) is 1.05. The van der Waals surface area contributed by atoms with Crippen LogP contribution in [0, 0.1) is 0 Å². The number of aliphatic imine (C=N–C) groups is 1. The Morgan fingerprint density at radius 1 is 1.30 bits per heavy atom. The van der Waals surface area contributed by atoms with Crippen LogP contribution in [-0.2, 0) is 6.54 Å². The van der Waals surface area contributed by atoms with E-state index in [4.69, 9.17) is 21.1 Å². The summed E-state index contributed by atoms with van der Waals surface area (Å²) in [5, 5.41) is 7.06. The summed E-state index contributed by atoms with van der Waals surface area (Å²) in [5.74, 6) is 2.20. The van der Waals surface area contributed by atoms with Gasteiger partial charge in [-0.15, -0.1) is 24.0 Å². The van der Waals surface area contributed by atoms with Crippen molar-refractivity contribution < 1.29 is 9.47 Å². The maximum Gasteiger partial charge on any atom is 0.191 e. The maximum atomic E-state index is 6.19. The molecule has 0 bridgehead atoms. The van der Waals surface area contributed by atoms with Crippen LogP contribution in [-0.4, -0.2) is 32.3 Å². The summed E-state index contributed by atoms with van der Waals surface area (Å²) in [7, 11) is 0. The summed E-state index contributed by atoms with van der Waals surface area (Å²) >= 11 is 6.19. The summed E-state index contributed by atoms with van der Waals surface area (Å²) in [6.07, 6.45) is 1.08. The van der Waals surface area contributed by atoms with E-state index in [0.717, 1.165) is 31.0 Å². The van der Waals surface area contributed by atoms with Crippen molar-refractivity contribution in [2.45, 2.75) is 13.0 Å². The van der Waals surface area contributed by atoms with Gasteiger partial charge in [0.05, 0.1) is 5.02 Å². The predicted octanol–water partition coefficient (Wildman–Crippen LogP) is 2.17. The van der Waals surface area contributed by atoms with E-state index in [1.165, 1.54) is 0 Å². The molecule has 0 saturated heterocycles. The molecule has 0 spiro atoms. The third-order valence-electron chi connectivity index (χ3n) is 3.01. The van der Waals surface area contributed by atoms with Crippen molar-refractivity contribution in [3.63, 3.8) is 0 Å². The van der Waals surface area contributed by atoms with Gasteiger partial charge in [0.2, 0.25) is 0 Å². The van der Waals surface area contributed by atoms with Crippen LogP contribution in [0.5, 0.6) is 11.5 Å². The summed E-state index contributed by atoms with van der Waals surface area (Å²) in [6.45, 7) is 3.60. The molecule has 5 nitrogen and oxygen atoms in total. The molecule has 7 heteroatoms. The fraction of sp³-hybridized carbons (Fsp3) is 0.462. The summed E-state index contributed by atoms with van der Waals surface area (Å²) in [4.78, 5) is 4.36. The van der Waals surface area contributed by atoms with Crippen LogP contribution in [0.25, 0.3) is 0 Å². The first-order valence-electron chi connectivity index (χ1n) is 6.43. The molecule has 0 fully saturated rings. The lowest BCUT2D eigenvalue weighted by atomic mass is 10.2. The highest BCUT2D eigenvalue weighted by Crippen LogP contribution is 2.38. The molecule has 1 aromatic rings. The Kier molecular flexibility index (Phi) is 5.59. The van der Waals surface area contributed by atoms with Crippen molar-refractivity contribution in [1.82, 2.24) is 10.6 Å². The predicted molar refractivity (Wildman–Crippen MR) is 89.6 cm³/mol. The number of fused-ring (bicyclic) bond motifs is 1. The quantitative estimate of drug-likeness (QED) is 0.735. The van der Waals surface area contributed by atoms with Gasteiger partial charge in [0.1, 0.15) is 13.2 Å². The smallest absolute Gasteiger partial charge is 0.191 e. The second-order valence-corrected chi connectivity index (χ2v) is 4.87. The van der Waals surface area contributed by atoms with E-state index in [9.17, 15) is 0 Å². The first kappa shape index (κ1) is 15.5. The van der Waals surface area contributed by atoms with E-state index in [2.05, 4.69) is 15.6 Å². The van der Waals surface area contributed by atoms with Crippen molar-refractivity contribution in [3.8, 4) is 11.5 Å². The van der Waals surface area contributed by atoms with Crippen molar-refractivity contribution in [3.05, 3.63) is 22.7 Å². The number of halogens is 2. The van der Waals surface area contributed by atoms with E-state index in [1.807, 2.05) is 12.1 Å². The van der Waals surface area contributed by atoms with E-state index in [-0.39, 0.29) is 24.0 Å². The average molecular weight is 410 g/mol. The Bertz CT molecular complexity index is 511. The molecule has 2 aliphatic rings. The molecule has 0 aliphatic carbocycles. The molecule has 110 valence electrons. The van der Waals surface area contributed by atoms with Gasteiger partial charge in [0.15, 0.2) is 17.5 Å². The Labute approximate surface area is 140 Å². The molecule has 2 heterocycles. The number of hydrogen-bond acceptors (Lipinski definition) is 5. The molecule has 0 unspecified atom stereocenters. The van der Waals surface area contributed by atoms with Gasteiger partial charge in [-0.05, 0) is 24.1 Å².